The molecule has 0 atom stereocenters. The number of ether oxygens (including phenoxy) is 2. The third kappa shape index (κ3) is 4.31. The van der Waals surface area contributed by atoms with Crippen molar-refractivity contribution >= 4 is 39.7 Å². The highest BCUT2D eigenvalue weighted by molar-refractivity contribution is 7.20. The molecule has 0 saturated carbocycles. The standard InChI is InChI=1S/C21H22N2O4S/c1-4-5-12-27-15-9-6-14(7-10-15)8-11-16-22-19(24)17-13(2)18(21(25)26-3)28-20(17)23-16/h6-11H,4-5,12H2,1-3H3,(H,22,23,24)/b11-8+. The highest BCUT2D eigenvalue weighted by Crippen LogP contribution is 2.27. The fourth-order valence-electron chi connectivity index (χ4n) is 2.71. The summed E-state index contributed by atoms with van der Waals surface area (Å²) in [6.45, 7) is 4.56. The maximum Gasteiger partial charge on any atom is 0.348 e. The van der Waals surface area contributed by atoms with Crippen LogP contribution in [0.15, 0.2) is 29.1 Å². The Bertz CT molecular complexity index is 1060. The number of aryl methyl sites for hydroxylation is 1. The smallest absolute Gasteiger partial charge is 0.348 e. The highest BCUT2D eigenvalue weighted by atomic mass is 32.1. The maximum atomic E-state index is 12.4. The largest absolute Gasteiger partial charge is 0.494 e. The van der Waals surface area contributed by atoms with Gasteiger partial charge in [-0.15, -0.1) is 11.3 Å². The van der Waals surface area contributed by atoms with E-state index in [4.69, 9.17) is 9.47 Å². The SMILES string of the molecule is CCCCOc1ccc(/C=C/c2nc3sc(C(=O)OC)c(C)c3c(=O)[nH]2)cc1. The molecule has 1 aromatic carbocycles. The minimum absolute atomic E-state index is 0.270. The number of hydrogen-bond donors (Lipinski definition) is 1. The lowest BCUT2D eigenvalue weighted by atomic mass is 10.2. The molecule has 0 aliphatic carbocycles. The summed E-state index contributed by atoms with van der Waals surface area (Å²) in [6.07, 6.45) is 5.73. The molecule has 0 amide bonds. The van der Waals surface area contributed by atoms with Crippen LogP contribution in [0.25, 0.3) is 22.4 Å². The lowest BCUT2D eigenvalue weighted by molar-refractivity contribution is 0.0605. The number of esters is 1. The Morgan fingerprint density at radius 3 is 2.68 bits per heavy atom. The predicted molar refractivity (Wildman–Crippen MR) is 112 cm³/mol. The van der Waals surface area contributed by atoms with Gasteiger partial charge < -0.3 is 14.5 Å². The van der Waals surface area contributed by atoms with Crippen LogP contribution in [0, 0.1) is 6.92 Å². The summed E-state index contributed by atoms with van der Waals surface area (Å²) >= 11 is 1.16. The first-order chi connectivity index (χ1) is 13.5. The molecule has 0 spiro atoms. The van der Waals surface area contributed by atoms with E-state index >= 15 is 0 Å². The lowest BCUT2D eigenvalue weighted by Crippen LogP contribution is -2.09. The van der Waals surface area contributed by atoms with Crippen LogP contribution in [0.2, 0.25) is 0 Å². The van der Waals surface area contributed by atoms with Crippen LogP contribution in [-0.4, -0.2) is 29.7 Å². The van der Waals surface area contributed by atoms with E-state index < -0.39 is 5.97 Å². The number of aromatic nitrogens is 2. The lowest BCUT2D eigenvalue weighted by Gasteiger charge is -2.05. The van der Waals surface area contributed by atoms with Crippen molar-refractivity contribution in [2.24, 2.45) is 0 Å². The molecule has 2 heterocycles. The molecule has 7 heteroatoms. The fourth-order valence-corrected chi connectivity index (χ4v) is 3.82. The molecule has 2 aromatic heterocycles. The Kier molecular flexibility index (Phi) is 6.26. The second-order valence-corrected chi connectivity index (χ2v) is 7.28. The van der Waals surface area contributed by atoms with Gasteiger partial charge >= 0.3 is 5.97 Å². The van der Waals surface area contributed by atoms with Gasteiger partial charge in [0.05, 0.1) is 19.1 Å². The summed E-state index contributed by atoms with van der Waals surface area (Å²) in [5, 5.41) is 0.427. The number of carbonyl (C=O) groups excluding carboxylic acids is 1. The predicted octanol–water partition coefficient (Wildman–Crippen LogP) is 4.43. The van der Waals surface area contributed by atoms with Gasteiger partial charge in [-0.25, -0.2) is 9.78 Å². The highest BCUT2D eigenvalue weighted by Gasteiger charge is 2.19. The maximum absolute atomic E-state index is 12.4. The number of thiophene rings is 1. The minimum Gasteiger partial charge on any atom is -0.494 e. The summed E-state index contributed by atoms with van der Waals surface area (Å²) in [7, 11) is 1.32. The summed E-state index contributed by atoms with van der Waals surface area (Å²) in [5.74, 6) is 0.805. The molecule has 146 valence electrons. The Hall–Kier alpha value is -2.93. The quantitative estimate of drug-likeness (QED) is 0.470. The summed E-state index contributed by atoms with van der Waals surface area (Å²) in [5.41, 5.74) is 1.28. The second kappa shape index (κ2) is 8.84. The van der Waals surface area contributed by atoms with Crippen molar-refractivity contribution in [2.75, 3.05) is 13.7 Å². The van der Waals surface area contributed by atoms with Gasteiger partial charge in [0.2, 0.25) is 0 Å². The zero-order valence-corrected chi connectivity index (χ0v) is 16.9. The van der Waals surface area contributed by atoms with Crippen molar-refractivity contribution < 1.29 is 14.3 Å². The topological polar surface area (TPSA) is 81.3 Å². The normalized spacial score (nSPS) is 11.2. The van der Waals surface area contributed by atoms with Gasteiger partial charge in [0.15, 0.2) is 0 Å². The van der Waals surface area contributed by atoms with Crippen LogP contribution < -0.4 is 10.3 Å². The van der Waals surface area contributed by atoms with Crippen LogP contribution in [0.3, 0.4) is 0 Å². The fraction of sp³-hybridized carbons (Fsp3) is 0.286. The van der Waals surface area contributed by atoms with E-state index in [1.807, 2.05) is 30.3 Å². The molecule has 3 aromatic rings. The molecule has 0 saturated heterocycles. The summed E-state index contributed by atoms with van der Waals surface area (Å²) in [6, 6.07) is 7.72. The van der Waals surface area contributed by atoms with Crippen LogP contribution >= 0.6 is 11.3 Å². The summed E-state index contributed by atoms with van der Waals surface area (Å²) < 4.78 is 10.4. The molecule has 0 bridgehead atoms. The van der Waals surface area contributed by atoms with Crippen molar-refractivity contribution in [2.45, 2.75) is 26.7 Å². The molecule has 0 unspecified atom stereocenters. The monoisotopic (exact) mass is 398 g/mol. The number of aromatic amines is 1. The molecule has 0 aliphatic heterocycles. The number of nitrogens with one attached hydrogen (secondary N) is 1. The zero-order chi connectivity index (χ0) is 20.1. The number of methoxy groups -OCH3 is 1. The Labute approximate surface area is 166 Å². The van der Waals surface area contributed by atoms with E-state index in [1.54, 1.807) is 13.0 Å². The van der Waals surface area contributed by atoms with E-state index in [1.165, 1.54) is 7.11 Å². The molecule has 1 N–H and O–H groups in total. The van der Waals surface area contributed by atoms with Crippen molar-refractivity contribution in [1.29, 1.82) is 0 Å². The van der Waals surface area contributed by atoms with Gasteiger partial charge in [-0.1, -0.05) is 31.6 Å². The molecule has 0 radical (unpaired) electrons. The van der Waals surface area contributed by atoms with E-state index in [9.17, 15) is 9.59 Å². The van der Waals surface area contributed by atoms with Gasteiger partial charge in [-0.05, 0) is 42.7 Å². The number of unbranched alkanes of at least 4 members (excludes halogenated alkanes) is 1. The molecule has 0 fully saturated rings. The Morgan fingerprint density at radius 2 is 2.00 bits per heavy atom. The average molecular weight is 398 g/mol. The third-order valence-electron chi connectivity index (χ3n) is 4.27. The van der Waals surface area contributed by atoms with Gasteiger partial charge in [0.1, 0.15) is 21.3 Å². The summed E-state index contributed by atoms with van der Waals surface area (Å²) in [4.78, 5) is 32.4. The number of fused-ring (bicyclic) bond motifs is 1. The van der Waals surface area contributed by atoms with Crippen LogP contribution in [-0.2, 0) is 4.74 Å². The molecule has 28 heavy (non-hydrogen) atoms. The van der Waals surface area contributed by atoms with Crippen molar-refractivity contribution in [3.05, 3.63) is 56.4 Å². The first-order valence-corrected chi connectivity index (χ1v) is 9.87. The van der Waals surface area contributed by atoms with Crippen LogP contribution in [0.1, 0.15) is 46.4 Å². The van der Waals surface area contributed by atoms with E-state index in [-0.39, 0.29) is 5.56 Å². The van der Waals surface area contributed by atoms with Crippen LogP contribution in [0.5, 0.6) is 5.75 Å². The number of carbonyl (C=O) groups is 1. The van der Waals surface area contributed by atoms with Gasteiger partial charge in [0.25, 0.3) is 5.56 Å². The third-order valence-corrected chi connectivity index (χ3v) is 5.44. The second-order valence-electron chi connectivity index (χ2n) is 6.28. The van der Waals surface area contributed by atoms with Crippen molar-refractivity contribution in [1.82, 2.24) is 9.97 Å². The van der Waals surface area contributed by atoms with Crippen molar-refractivity contribution in [3.63, 3.8) is 0 Å². The van der Waals surface area contributed by atoms with E-state index in [2.05, 4.69) is 16.9 Å². The first-order valence-electron chi connectivity index (χ1n) is 9.06. The first kappa shape index (κ1) is 19.8. The van der Waals surface area contributed by atoms with Gasteiger partial charge in [-0.3, -0.25) is 4.79 Å². The Balaban J connectivity index is 1.82. The number of hydrogen-bond acceptors (Lipinski definition) is 6. The number of rotatable bonds is 7. The molecular weight excluding hydrogens is 376 g/mol. The zero-order valence-electron chi connectivity index (χ0n) is 16.1. The molecule has 3 rings (SSSR count). The van der Waals surface area contributed by atoms with E-state index in [0.29, 0.717) is 33.1 Å². The molecular formula is C21H22N2O4S. The average Bonchev–Trinajstić information content (AvgIpc) is 3.04. The number of benzene rings is 1. The van der Waals surface area contributed by atoms with Gasteiger partial charge in [-0.2, -0.15) is 0 Å². The Morgan fingerprint density at radius 1 is 1.25 bits per heavy atom. The van der Waals surface area contributed by atoms with E-state index in [0.717, 1.165) is 35.5 Å². The molecule has 6 nitrogen and oxygen atoms in total. The minimum atomic E-state index is -0.460. The van der Waals surface area contributed by atoms with Gasteiger partial charge in [0, 0.05) is 0 Å². The number of H-pyrrole nitrogens is 1. The van der Waals surface area contributed by atoms with Crippen LogP contribution in [0.4, 0.5) is 0 Å². The number of nitrogens with zero attached hydrogens (tertiary/aromatic N) is 1. The van der Waals surface area contributed by atoms with Crippen molar-refractivity contribution in [3.8, 4) is 5.75 Å². The molecule has 0 aliphatic rings.